The molecule has 1 saturated carbocycles. The van der Waals surface area contributed by atoms with Crippen LogP contribution in [-0.4, -0.2) is 52.2 Å². The maximum Gasteiger partial charge on any atom is 0.244 e. The van der Waals surface area contributed by atoms with Gasteiger partial charge in [0.2, 0.25) is 11.7 Å². The lowest BCUT2D eigenvalue weighted by molar-refractivity contribution is 0.0651. The molecule has 1 aliphatic heterocycles. The number of aryl methyl sites for hydroxylation is 1. The summed E-state index contributed by atoms with van der Waals surface area (Å²) in [6.07, 6.45) is 5.49. The van der Waals surface area contributed by atoms with Gasteiger partial charge in [-0.2, -0.15) is 4.98 Å². The molecule has 1 aliphatic carbocycles. The van der Waals surface area contributed by atoms with Crippen LogP contribution in [0.2, 0.25) is 0 Å². The van der Waals surface area contributed by atoms with E-state index in [9.17, 15) is 4.39 Å². The average Bonchev–Trinajstić information content (AvgIpc) is 3.36. The van der Waals surface area contributed by atoms with Crippen LogP contribution in [0.5, 0.6) is 0 Å². The van der Waals surface area contributed by atoms with Gasteiger partial charge >= 0.3 is 0 Å². The molecule has 2 fully saturated rings. The van der Waals surface area contributed by atoms with Crippen LogP contribution in [0.3, 0.4) is 0 Å². The molecule has 0 spiro atoms. The first-order chi connectivity index (χ1) is 12.6. The summed E-state index contributed by atoms with van der Waals surface area (Å²) < 4.78 is 19.0. The minimum absolute atomic E-state index is 0.100. The second-order valence-electron chi connectivity index (χ2n) is 7.61. The third-order valence-corrected chi connectivity index (χ3v) is 5.95. The van der Waals surface area contributed by atoms with Crippen LogP contribution in [0.1, 0.15) is 50.1 Å². The Labute approximate surface area is 154 Å². The fraction of sp³-hybridized carbons (Fsp3) is 0.600. The molecule has 4 rings (SSSR count). The quantitative estimate of drug-likeness (QED) is 0.832. The predicted molar refractivity (Wildman–Crippen MR) is 98.2 cm³/mol. The van der Waals surface area contributed by atoms with Crippen molar-refractivity contribution in [2.75, 3.05) is 26.2 Å². The summed E-state index contributed by atoms with van der Waals surface area (Å²) in [5.41, 5.74) is 1.38. The second-order valence-corrected chi connectivity index (χ2v) is 7.61. The normalized spacial score (nSPS) is 21.3. The third-order valence-electron chi connectivity index (χ3n) is 5.95. The summed E-state index contributed by atoms with van der Waals surface area (Å²) in [7, 11) is 0. The van der Waals surface area contributed by atoms with E-state index in [1.165, 1.54) is 31.7 Å². The highest BCUT2D eigenvalue weighted by Crippen LogP contribution is 2.27. The van der Waals surface area contributed by atoms with Crippen LogP contribution in [0.25, 0.3) is 11.4 Å². The zero-order valence-corrected chi connectivity index (χ0v) is 15.6. The molecule has 0 amide bonds. The average molecular weight is 358 g/mol. The van der Waals surface area contributed by atoms with E-state index in [2.05, 4.69) is 26.9 Å². The molecule has 1 saturated heterocycles. The maximum atomic E-state index is 13.5. The highest BCUT2D eigenvalue weighted by atomic mass is 19.1. The lowest BCUT2D eigenvalue weighted by Gasteiger charge is -2.39. The van der Waals surface area contributed by atoms with Crippen molar-refractivity contribution in [3.8, 4) is 11.4 Å². The molecule has 2 heterocycles. The van der Waals surface area contributed by atoms with Crippen LogP contribution < -0.4 is 0 Å². The van der Waals surface area contributed by atoms with Crippen LogP contribution in [-0.2, 0) is 0 Å². The fourth-order valence-corrected chi connectivity index (χ4v) is 4.22. The van der Waals surface area contributed by atoms with Crippen LogP contribution >= 0.6 is 0 Å². The highest BCUT2D eigenvalue weighted by molar-refractivity contribution is 5.55. The van der Waals surface area contributed by atoms with Crippen molar-refractivity contribution >= 4 is 0 Å². The molecular formula is C20H27FN4O. The van der Waals surface area contributed by atoms with E-state index >= 15 is 0 Å². The highest BCUT2D eigenvalue weighted by Gasteiger charge is 2.30. The number of nitrogens with zero attached hydrogens (tertiary/aromatic N) is 4. The third kappa shape index (κ3) is 3.53. The SMILES string of the molecule is Cc1cc(-c2noc(C(C)N3CCN(C4CCCC4)CC3)n2)ccc1F. The Bertz CT molecular complexity index is 748. The standard InChI is InChI=1S/C20H27FN4O/c1-14-13-16(7-8-18(14)21)19-22-20(26-23-19)15(2)24-9-11-25(12-10-24)17-5-3-4-6-17/h7-8,13,15,17H,3-6,9-12H2,1-2H3. The maximum absolute atomic E-state index is 13.5. The topological polar surface area (TPSA) is 45.4 Å². The van der Waals surface area contributed by atoms with Gasteiger partial charge in [-0.05, 0) is 50.5 Å². The number of rotatable bonds is 4. The molecule has 0 bridgehead atoms. The largest absolute Gasteiger partial charge is 0.337 e. The first kappa shape index (κ1) is 17.6. The second kappa shape index (κ2) is 7.45. The van der Waals surface area contributed by atoms with Crippen molar-refractivity contribution in [3.63, 3.8) is 0 Å². The zero-order chi connectivity index (χ0) is 18.1. The molecule has 1 atom stereocenters. The van der Waals surface area contributed by atoms with E-state index in [-0.39, 0.29) is 11.9 Å². The summed E-state index contributed by atoms with van der Waals surface area (Å²) in [5, 5.41) is 4.11. The van der Waals surface area contributed by atoms with E-state index < -0.39 is 0 Å². The van der Waals surface area contributed by atoms with Crippen LogP contribution in [0.4, 0.5) is 4.39 Å². The molecule has 6 heteroatoms. The van der Waals surface area contributed by atoms with Crippen molar-refractivity contribution in [1.29, 1.82) is 0 Å². The minimum atomic E-state index is -0.217. The van der Waals surface area contributed by atoms with E-state index in [0.717, 1.165) is 37.8 Å². The van der Waals surface area contributed by atoms with E-state index in [1.54, 1.807) is 19.1 Å². The lowest BCUT2D eigenvalue weighted by atomic mass is 10.1. The van der Waals surface area contributed by atoms with Gasteiger partial charge in [0.1, 0.15) is 5.82 Å². The summed E-state index contributed by atoms with van der Waals surface area (Å²) in [6, 6.07) is 5.80. The first-order valence-corrected chi connectivity index (χ1v) is 9.70. The number of benzene rings is 1. The van der Waals surface area contributed by atoms with Gasteiger partial charge in [0, 0.05) is 37.8 Å². The molecule has 1 aromatic carbocycles. The summed E-state index contributed by atoms with van der Waals surface area (Å²) in [5.74, 6) is 0.946. The van der Waals surface area contributed by atoms with Crippen molar-refractivity contribution in [3.05, 3.63) is 35.5 Å². The van der Waals surface area contributed by atoms with Gasteiger partial charge in [0.05, 0.1) is 6.04 Å². The van der Waals surface area contributed by atoms with Gasteiger partial charge in [-0.15, -0.1) is 0 Å². The molecule has 1 unspecified atom stereocenters. The Morgan fingerprint density at radius 3 is 2.58 bits per heavy atom. The number of aromatic nitrogens is 2. The Kier molecular flexibility index (Phi) is 5.05. The van der Waals surface area contributed by atoms with E-state index in [4.69, 9.17) is 4.52 Å². The van der Waals surface area contributed by atoms with Gasteiger partial charge < -0.3 is 4.52 Å². The van der Waals surface area contributed by atoms with Crippen molar-refractivity contribution in [2.24, 2.45) is 0 Å². The molecule has 0 N–H and O–H groups in total. The van der Waals surface area contributed by atoms with Gasteiger partial charge in [-0.25, -0.2) is 4.39 Å². The smallest absolute Gasteiger partial charge is 0.244 e. The van der Waals surface area contributed by atoms with Crippen LogP contribution in [0.15, 0.2) is 22.7 Å². The van der Waals surface area contributed by atoms with Gasteiger partial charge in [0.15, 0.2) is 0 Å². The summed E-state index contributed by atoms with van der Waals surface area (Å²) in [4.78, 5) is 9.63. The molecule has 0 radical (unpaired) electrons. The number of halogens is 1. The molecule has 26 heavy (non-hydrogen) atoms. The number of piperazine rings is 1. The molecular weight excluding hydrogens is 331 g/mol. The van der Waals surface area contributed by atoms with E-state index in [0.29, 0.717) is 17.3 Å². The van der Waals surface area contributed by atoms with E-state index in [1.807, 2.05) is 0 Å². The molecule has 5 nitrogen and oxygen atoms in total. The number of hydrogen-bond acceptors (Lipinski definition) is 5. The van der Waals surface area contributed by atoms with Crippen molar-refractivity contribution in [2.45, 2.75) is 51.6 Å². The number of hydrogen-bond donors (Lipinski definition) is 0. The Hall–Kier alpha value is -1.79. The fourth-order valence-electron chi connectivity index (χ4n) is 4.22. The molecule has 2 aliphatic rings. The molecule has 1 aromatic heterocycles. The van der Waals surface area contributed by atoms with Gasteiger partial charge in [0.25, 0.3) is 0 Å². The lowest BCUT2D eigenvalue weighted by Crippen LogP contribution is -2.50. The minimum Gasteiger partial charge on any atom is -0.337 e. The summed E-state index contributed by atoms with van der Waals surface area (Å²) in [6.45, 7) is 8.17. The Morgan fingerprint density at radius 2 is 1.88 bits per heavy atom. The Morgan fingerprint density at radius 1 is 1.15 bits per heavy atom. The molecule has 2 aromatic rings. The zero-order valence-electron chi connectivity index (χ0n) is 15.6. The Balaban J connectivity index is 1.40. The van der Waals surface area contributed by atoms with Gasteiger partial charge in [-0.1, -0.05) is 18.0 Å². The van der Waals surface area contributed by atoms with Crippen molar-refractivity contribution in [1.82, 2.24) is 19.9 Å². The van der Waals surface area contributed by atoms with Crippen molar-refractivity contribution < 1.29 is 8.91 Å². The predicted octanol–water partition coefficient (Wildman–Crippen LogP) is 3.81. The summed E-state index contributed by atoms with van der Waals surface area (Å²) >= 11 is 0. The van der Waals surface area contributed by atoms with Crippen LogP contribution in [0, 0.1) is 12.7 Å². The molecule has 140 valence electrons. The first-order valence-electron chi connectivity index (χ1n) is 9.70. The monoisotopic (exact) mass is 358 g/mol. The van der Waals surface area contributed by atoms with Gasteiger partial charge in [-0.3, -0.25) is 9.80 Å².